The first-order chi connectivity index (χ1) is 12.7. The second-order valence-corrected chi connectivity index (χ2v) is 6.96. The molecule has 0 aliphatic carbocycles. The molecule has 1 heterocycles. The number of para-hydroxylation sites is 2. The number of nitrogens with zero attached hydrogens (tertiary/aromatic N) is 2. The SMILES string of the molecule is Cc1ccc(N(Cc2ccc(Cl)cc2)Cc2nc3ccccc3[nH]2)cc1. The number of aromatic amines is 1. The fourth-order valence-corrected chi connectivity index (χ4v) is 3.19. The molecule has 0 aliphatic heterocycles. The highest BCUT2D eigenvalue weighted by Gasteiger charge is 2.11. The van der Waals surface area contributed by atoms with Crippen LogP contribution >= 0.6 is 11.6 Å². The minimum absolute atomic E-state index is 0.709. The van der Waals surface area contributed by atoms with Gasteiger partial charge >= 0.3 is 0 Å². The number of imidazole rings is 1. The summed E-state index contributed by atoms with van der Waals surface area (Å²) < 4.78 is 0. The summed E-state index contributed by atoms with van der Waals surface area (Å²) >= 11 is 6.03. The molecule has 0 fully saturated rings. The van der Waals surface area contributed by atoms with Crippen molar-refractivity contribution in [3.8, 4) is 0 Å². The molecule has 130 valence electrons. The first-order valence-corrected chi connectivity index (χ1v) is 9.05. The van der Waals surface area contributed by atoms with E-state index in [4.69, 9.17) is 16.6 Å². The lowest BCUT2D eigenvalue weighted by atomic mass is 10.1. The first-order valence-electron chi connectivity index (χ1n) is 8.67. The summed E-state index contributed by atoms with van der Waals surface area (Å²) in [7, 11) is 0. The number of aromatic nitrogens is 2. The quantitative estimate of drug-likeness (QED) is 0.492. The van der Waals surface area contributed by atoms with E-state index in [-0.39, 0.29) is 0 Å². The van der Waals surface area contributed by atoms with Gasteiger partial charge in [-0.2, -0.15) is 0 Å². The Morgan fingerprint density at radius 2 is 1.62 bits per heavy atom. The van der Waals surface area contributed by atoms with E-state index in [0.29, 0.717) is 6.54 Å². The molecule has 1 N–H and O–H groups in total. The topological polar surface area (TPSA) is 31.9 Å². The molecule has 1 aromatic heterocycles. The molecule has 0 aliphatic rings. The van der Waals surface area contributed by atoms with Crippen LogP contribution in [0.5, 0.6) is 0 Å². The maximum Gasteiger partial charge on any atom is 0.126 e. The molecule has 0 spiro atoms. The standard InChI is InChI=1S/C22H20ClN3/c1-16-6-12-19(13-7-16)26(14-17-8-10-18(23)11-9-17)15-22-24-20-4-2-3-5-21(20)25-22/h2-13H,14-15H2,1H3,(H,24,25). The Morgan fingerprint density at radius 1 is 0.885 bits per heavy atom. The summed E-state index contributed by atoms with van der Waals surface area (Å²) in [5.74, 6) is 0.959. The van der Waals surface area contributed by atoms with Gasteiger partial charge in [-0.25, -0.2) is 4.98 Å². The van der Waals surface area contributed by atoms with Crippen molar-refractivity contribution >= 4 is 28.3 Å². The number of hydrogen-bond acceptors (Lipinski definition) is 2. The third kappa shape index (κ3) is 3.73. The van der Waals surface area contributed by atoms with Gasteiger partial charge in [0.2, 0.25) is 0 Å². The van der Waals surface area contributed by atoms with Crippen LogP contribution in [0.1, 0.15) is 17.0 Å². The van der Waals surface area contributed by atoms with Crippen LogP contribution in [0.15, 0.2) is 72.8 Å². The summed E-state index contributed by atoms with van der Waals surface area (Å²) in [5, 5.41) is 0.757. The maximum atomic E-state index is 6.03. The van der Waals surface area contributed by atoms with Crippen LogP contribution in [0.3, 0.4) is 0 Å². The number of benzene rings is 3. The van der Waals surface area contributed by atoms with Gasteiger partial charge in [0.05, 0.1) is 17.6 Å². The molecule has 0 unspecified atom stereocenters. The van der Waals surface area contributed by atoms with E-state index in [1.165, 1.54) is 16.8 Å². The van der Waals surface area contributed by atoms with Crippen LogP contribution < -0.4 is 4.90 Å². The molecule has 0 amide bonds. The van der Waals surface area contributed by atoms with Gasteiger partial charge in [-0.05, 0) is 48.9 Å². The minimum atomic E-state index is 0.709. The van der Waals surface area contributed by atoms with Crippen LogP contribution in [0.25, 0.3) is 11.0 Å². The fourth-order valence-electron chi connectivity index (χ4n) is 3.07. The highest BCUT2D eigenvalue weighted by Crippen LogP contribution is 2.22. The zero-order chi connectivity index (χ0) is 17.9. The van der Waals surface area contributed by atoms with Crippen LogP contribution in [-0.4, -0.2) is 9.97 Å². The molecule has 4 heteroatoms. The predicted octanol–water partition coefficient (Wildman–Crippen LogP) is 5.73. The van der Waals surface area contributed by atoms with Crippen molar-refractivity contribution in [3.05, 3.63) is 94.8 Å². The number of hydrogen-bond donors (Lipinski definition) is 1. The normalized spacial score (nSPS) is 11.0. The molecule has 0 bridgehead atoms. The molecular formula is C22H20ClN3. The average Bonchev–Trinajstić information content (AvgIpc) is 3.06. The maximum absolute atomic E-state index is 6.03. The number of aryl methyl sites for hydroxylation is 1. The number of anilines is 1. The molecule has 3 aromatic carbocycles. The second kappa shape index (κ2) is 7.22. The second-order valence-electron chi connectivity index (χ2n) is 6.52. The smallest absolute Gasteiger partial charge is 0.126 e. The fraction of sp³-hybridized carbons (Fsp3) is 0.136. The van der Waals surface area contributed by atoms with Crippen molar-refractivity contribution in [1.82, 2.24) is 9.97 Å². The third-order valence-corrected chi connectivity index (χ3v) is 4.72. The highest BCUT2D eigenvalue weighted by molar-refractivity contribution is 6.30. The summed E-state index contributed by atoms with van der Waals surface area (Å²) in [6.45, 7) is 3.60. The number of rotatable bonds is 5. The zero-order valence-corrected chi connectivity index (χ0v) is 15.4. The van der Waals surface area contributed by atoms with E-state index in [9.17, 15) is 0 Å². The van der Waals surface area contributed by atoms with Crippen LogP contribution in [0, 0.1) is 6.92 Å². The zero-order valence-electron chi connectivity index (χ0n) is 14.6. The Morgan fingerprint density at radius 3 is 2.35 bits per heavy atom. The van der Waals surface area contributed by atoms with Gasteiger partial charge in [0, 0.05) is 17.3 Å². The molecule has 0 saturated heterocycles. The first kappa shape index (κ1) is 16.7. The van der Waals surface area contributed by atoms with Crippen LogP contribution in [-0.2, 0) is 13.1 Å². The van der Waals surface area contributed by atoms with Gasteiger partial charge in [-0.1, -0.05) is 53.6 Å². The van der Waals surface area contributed by atoms with E-state index in [1.807, 2.05) is 30.3 Å². The van der Waals surface area contributed by atoms with Gasteiger partial charge in [-0.3, -0.25) is 0 Å². The van der Waals surface area contributed by atoms with Crippen molar-refractivity contribution < 1.29 is 0 Å². The molecule has 0 atom stereocenters. The lowest BCUT2D eigenvalue weighted by Crippen LogP contribution is -2.22. The van der Waals surface area contributed by atoms with E-state index >= 15 is 0 Å². The number of H-pyrrole nitrogens is 1. The Hall–Kier alpha value is -2.78. The number of halogens is 1. The molecule has 4 aromatic rings. The Bertz CT molecular complexity index is 971. The summed E-state index contributed by atoms with van der Waals surface area (Å²) in [6.07, 6.45) is 0. The van der Waals surface area contributed by atoms with Gasteiger partial charge in [-0.15, -0.1) is 0 Å². The lowest BCUT2D eigenvalue weighted by Gasteiger charge is -2.24. The monoisotopic (exact) mass is 361 g/mol. The molecule has 26 heavy (non-hydrogen) atoms. The van der Waals surface area contributed by atoms with E-state index in [2.05, 4.69) is 59.3 Å². The van der Waals surface area contributed by atoms with Crippen molar-refractivity contribution in [3.63, 3.8) is 0 Å². The van der Waals surface area contributed by atoms with Gasteiger partial charge in [0.15, 0.2) is 0 Å². The van der Waals surface area contributed by atoms with Gasteiger partial charge in [0.1, 0.15) is 5.82 Å². The summed E-state index contributed by atoms with van der Waals surface area (Å²) in [4.78, 5) is 10.5. The Labute approximate surface area is 158 Å². The lowest BCUT2D eigenvalue weighted by molar-refractivity contribution is 0.769. The molecule has 3 nitrogen and oxygen atoms in total. The molecule has 4 rings (SSSR count). The molecule has 0 saturated carbocycles. The highest BCUT2D eigenvalue weighted by atomic mass is 35.5. The van der Waals surface area contributed by atoms with Crippen molar-refractivity contribution in [2.75, 3.05) is 4.90 Å². The van der Waals surface area contributed by atoms with Crippen molar-refractivity contribution in [2.45, 2.75) is 20.0 Å². The largest absolute Gasteiger partial charge is 0.360 e. The predicted molar refractivity (Wildman–Crippen MR) is 109 cm³/mol. The van der Waals surface area contributed by atoms with Crippen molar-refractivity contribution in [1.29, 1.82) is 0 Å². The number of nitrogens with one attached hydrogen (secondary N) is 1. The number of fused-ring (bicyclic) bond motifs is 1. The minimum Gasteiger partial charge on any atom is -0.360 e. The molecule has 0 radical (unpaired) electrons. The van der Waals surface area contributed by atoms with Gasteiger partial charge in [0.25, 0.3) is 0 Å². The van der Waals surface area contributed by atoms with Crippen LogP contribution in [0.2, 0.25) is 5.02 Å². The van der Waals surface area contributed by atoms with E-state index in [0.717, 1.165) is 28.4 Å². The average molecular weight is 362 g/mol. The van der Waals surface area contributed by atoms with Crippen LogP contribution in [0.4, 0.5) is 5.69 Å². The Kier molecular flexibility index (Phi) is 4.63. The summed E-state index contributed by atoms with van der Waals surface area (Å²) in [6, 6.07) is 24.7. The molecular weight excluding hydrogens is 342 g/mol. The van der Waals surface area contributed by atoms with E-state index < -0.39 is 0 Å². The Balaban J connectivity index is 1.64. The third-order valence-electron chi connectivity index (χ3n) is 4.46. The summed E-state index contributed by atoms with van der Waals surface area (Å²) in [5.41, 5.74) is 5.71. The van der Waals surface area contributed by atoms with E-state index in [1.54, 1.807) is 0 Å². The van der Waals surface area contributed by atoms with Crippen molar-refractivity contribution in [2.24, 2.45) is 0 Å². The van der Waals surface area contributed by atoms with Gasteiger partial charge < -0.3 is 9.88 Å².